The van der Waals surface area contributed by atoms with Gasteiger partial charge in [-0.05, 0) is 74.0 Å². The molecule has 6 heteroatoms. The minimum atomic E-state index is -1.64. The summed E-state index contributed by atoms with van der Waals surface area (Å²) in [6.45, 7) is 13.7. The van der Waals surface area contributed by atoms with Crippen LogP contribution >= 0.6 is 0 Å². The number of nitrogens with one attached hydrogen (secondary N) is 1. The van der Waals surface area contributed by atoms with Crippen LogP contribution in [0.3, 0.4) is 0 Å². The van der Waals surface area contributed by atoms with Crippen molar-refractivity contribution in [2.45, 2.75) is 84.3 Å². The fourth-order valence-electron chi connectivity index (χ4n) is 11.2. The predicted molar refractivity (Wildman–Crippen MR) is 149 cm³/mol. The molecule has 2 saturated heterocycles. The van der Waals surface area contributed by atoms with Crippen molar-refractivity contribution in [2.75, 3.05) is 0 Å². The van der Waals surface area contributed by atoms with Gasteiger partial charge in [-0.2, -0.15) is 0 Å². The van der Waals surface area contributed by atoms with E-state index in [-0.39, 0.29) is 36.1 Å². The number of ether oxygens (including phenoxy) is 2. The minimum absolute atomic E-state index is 0.0838. The number of aliphatic hydroxyl groups is 1. The number of morpholine rings is 1. The van der Waals surface area contributed by atoms with Crippen molar-refractivity contribution in [3.8, 4) is 5.75 Å². The molecular weight excluding hydrogens is 502 g/mol. The summed E-state index contributed by atoms with van der Waals surface area (Å²) >= 11 is 0. The van der Waals surface area contributed by atoms with Gasteiger partial charge in [-0.15, -0.1) is 0 Å². The lowest BCUT2D eigenvalue weighted by molar-refractivity contribution is -0.145. The molecule has 13 atom stereocenters. The van der Waals surface area contributed by atoms with Gasteiger partial charge in [0.05, 0.1) is 0 Å². The zero-order valence-corrected chi connectivity index (χ0v) is 24.4. The Morgan fingerprint density at radius 3 is 2.45 bits per heavy atom. The first-order valence-electron chi connectivity index (χ1n) is 15.3. The maximum atomic E-state index is 15.1. The number of hydrogen-bond donors (Lipinski definition) is 2. The summed E-state index contributed by atoms with van der Waals surface area (Å²) in [7, 11) is 0. The molecule has 0 spiro atoms. The van der Waals surface area contributed by atoms with E-state index >= 15 is 4.79 Å². The number of benzene rings is 1. The number of amides is 1. The molecule has 1 aromatic carbocycles. The van der Waals surface area contributed by atoms with E-state index < -0.39 is 34.7 Å². The highest BCUT2D eigenvalue weighted by Gasteiger charge is 2.83. The van der Waals surface area contributed by atoms with E-state index in [1.54, 1.807) is 0 Å². The third kappa shape index (κ3) is 2.87. The maximum absolute atomic E-state index is 15.1. The van der Waals surface area contributed by atoms with E-state index in [9.17, 15) is 9.90 Å². The Kier molecular flexibility index (Phi) is 4.86. The molecule has 1 amide bonds. The van der Waals surface area contributed by atoms with Crippen molar-refractivity contribution in [1.29, 1.82) is 0 Å². The van der Waals surface area contributed by atoms with Crippen LogP contribution in [0.5, 0.6) is 5.75 Å². The highest BCUT2D eigenvalue weighted by Crippen LogP contribution is 2.69. The van der Waals surface area contributed by atoms with Crippen molar-refractivity contribution < 1.29 is 24.2 Å². The Morgan fingerprint density at radius 1 is 1.02 bits per heavy atom. The first-order chi connectivity index (χ1) is 18.9. The van der Waals surface area contributed by atoms with Crippen LogP contribution in [-0.4, -0.2) is 40.3 Å². The zero-order valence-electron chi connectivity index (χ0n) is 24.4. The molecule has 4 fully saturated rings. The number of hydrogen-bond acceptors (Lipinski definition) is 5. The van der Waals surface area contributed by atoms with E-state index in [1.807, 2.05) is 24.3 Å². The molecule has 4 aliphatic carbocycles. The van der Waals surface area contributed by atoms with Gasteiger partial charge in [0.25, 0.3) is 5.91 Å². The monoisotopic (exact) mass is 543 g/mol. The standard InChI is InChI=1S/C34H41NO5/c1-15-11-16(2)23-22(12-15)24-19(5)26-18(4)17(3)13-32(26,6)27-25(24)28(23)39-21-9-7-20(8-10-21)14-33(38)30-34(40-30,29(27)36)31(37)35-33/h7-10,13,15-16,18,22-25,27-28,30,38H,11-12,14H2,1-6H3,(H,35,37)/t15-,16+,18-,22-,23-,24-,25+,27-,28-,30+,32-,33?,34+/m0/s1. The average molecular weight is 544 g/mol. The second-order valence-electron chi connectivity index (χ2n) is 14.7. The first-order valence-corrected chi connectivity index (χ1v) is 15.3. The van der Waals surface area contributed by atoms with Crippen molar-refractivity contribution >= 4 is 11.7 Å². The molecule has 8 aliphatic rings. The molecule has 212 valence electrons. The largest absolute Gasteiger partial charge is 0.490 e. The summed E-state index contributed by atoms with van der Waals surface area (Å²) < 4.78 is 13.1. The molecule has 4 heterocycles. The van der Waals surface area contributed by atoms with Crippen molar-refractivity contribution in [1.82, 2.24) is 5.32 Å². The number of rotatable bonds is 0. The minimum Gasteiger partial charge on any atom is -0.490 e. The van der Waals surface area contributed by atoms with E-state index in [1.165, 1.54) is 16.7 Å². The number of fused-ring (bicyclic) bond motifs is 5. The van der Waals surface area contributed by atoms with Crippen LogP contribution < -0.4 is 10.1 Å². The van der Waals surface area contributed by atoms with E-state index in [4.69, 9.17) is 9.47 Å². The Hall–Kier alpha value is -2.44. The van der Waals surface area contributed by atoms with Crippen LogP contribution in [0.4, 0.5) is 0 Å². The molecule has 1 aromatic rings. The van der Waals surface area contributed by atoms with Gasteiger partial charge in [0, 0.05) is 29.6 Å². The number of Topliss-reactive ketones (excluding diaryl/α,β-unsaturated/α-hetero) is 1. The van der Waals surface area contributed by atoms with Crippen LogP contribution in [0.1, 0.15) is 59.9 Å². The first kappa shape index (κ1) is 25.3. The third-order valence-corrected chi connectivity index (χ3v) is 12.4. The van der Waals surface area contributed by atoms with Gasteiger partial charge in [0.15, 0.2) is 17.6 Å². The fraction of sp³-hybridized carbons (Fsp3) is 0.647. The number of epoxide rings is 1. The van der Waals surface area contributed by atoms with Gasteiger partial charge in [0.1, 0.15) is 11.9 Å². The topological polar surface area (TPSA) is 88.2 Å². The van der Waals surface area contributed by atoms with Gasteiger partial charge in [-0.1, -0.05) is 62.6 Å². The van der Waals surface area contributed by atoms with Crippen LogP contribution in [0.2, 0.25) is 0 Å². The maximum Gasteiger partial charge on any atom is 0.265 e. The lowest BCUT2D eigenvalue weighted by atomic mass is 9.53. The third-order valence-electron chi connectivity index (χ3n) is 12.4. The molecule has 6 nitrogen and oxygen atoms in total. The van der Waals surface area contributed by atoms with Crippen LogP contribution in [0.15, 0.2) is 47.1 Å². The molecule has 2 saturated carbocycles. The summed E-state index contributed by atoms with van der Waals surface area (Å²) in [5, 5.41) is 14.5. The fourth-order valence-corrected chi connectivity index (χ4v) is 11.2. The quantitative estimate of drug-likeness (QED) is 0.284. The molecular formula is C34H41NO5. The van der Waals surface area contributed by atoms with Gasteiger partial charge in [0.2, 0.25) is 5.60 Å². The van der Waals surface area contributed by atoms with Crippen molar-refractivity contribution in [2.24, 2.45) is 52.8 Å². The van der Waals surface area contributed by atoms with Crippen LogP contribution in [0.25, 0.3) is 0 Å². The summed E-state index contributed by atoms with van der Waals surface area (Å²) in [5.74, 6) is 1.88. The molecule has 4 aliphatic heterocycles. The predicted octanol–water partition coefficient (Wildman–Crippen LogP) is 4.61. The second-order valence-corrected chi connectivity index (χ2v) is 14.7. The Balaban J connectivity index is 1.39. The van der Waals surface area contributed by atoms with Gasteiger partial charge in [-0.25, -0.2) is 0 Å². The Bertz CT molecular complexity index is 1410. The van der Waals surface area contributed by atoms with E-state index in [0.29, 0.717) is 23.7 Å². The van der Waals surface area contributed by atoms with Gasteiger partial charge < -0.3 is 19.9 Å². The molecule has 40 heavy (non-hydrogen) atoms. The number of ketones is 1. The summed E-state index contributed by atoms with van der Waals surface area (Å²) in [4.78, 5) is 28.8. The molecule has 4 bridgehead atoms. The molecule has 9 rings (SSSR count). The van der Waals surface area contributed by atoms with Gasteiger partial charge in [-0.3, -0.25) is 9.59 Å². The number of carbonyl (C=O) groups is 2. The highest BCUT2D eigenvalue weighted by atomic mass is 16.6. The normalized spacial score (nSPS) is 51.8. The molecule has 1 unspecified atom stereocenters. The Morgan fingerprint density at radius 2 is 1.75 bits per heavy atom. The van der Waals surface area contributed by atoms with E-state index in [2.05, 4.69) is 52.9 Å². The average Bonchev–Trinajstić information content (AvgIpc) is 3.45. The van der Waals surface area contributed by atoms with Crippen LogP contribution in [0, 0.1) is 52.8 Å². The summed E-state index contributed by atoms with van der Waals surface area (Å²) in [5.41, 5.74) is 1.13. The van der Waals surface area contributed by atoms with Crippen molar-refractivity contribution in [3.63, 3.8) is 0 Å². The number of allylic oxidation sites excluding steroid dienone is 4. The van der Waals surface area contributed by atoms with Gasteiger partial charge >= 0.3 is 0 Å². The highest BCUT2D eigenvalue weighted by molar-refractivity contribution is 6.16. The summed E-state index contributed by atoms with van der Waals surface area (Å²) in [6.07, 6.45) is 3.74. The van der Waals surface area contributed by atoms with Crippen LogP contribution in [-0.2, 0) is 20.7 Å². The zero-order chi connectivity index (χ0) is 28.1. The SMILES string of the molecule is CC1=C[C@@]2(C)C(=C(C)[C@H]3[C@H]4C[C@@H](C)C[C@@H](C)[C@@H]4[C@@H]4Oc5ccc(cc5)CC5(O)NC(=O)[C@@]6(O[C@H]56)C(=O)[C@@H]2[C@H]43)[C@H]1C. The molecule has 0 aromatic heterocycles. The molecule has 0 radical (unpaired) electrons. The van der Waals surface area contributed by atoms with E-state index in [0.717, 1.165) is 24.2 Å². The summed E-state index contributed by atoms with van der Waals surface area (Å²) in [6, 6.07) is 7.91. The van der Waals surface area contributed by atoms with Crippen molar-refractivity contribution in [3.05, 3.63) is 52.6 Å². The smallest absolute Gasteiger partial charge is 0.265 e. The number of carbonyl (C=O) groups excluding carboxylic acids is 2. The lowest BCUT2D eigenvalue weighted by Crippen LogP contribution is -2.55. The lowest BCUT2D eigenvalue weighted by Gasteiger charge is -2.49. The molecule has 2 N–H and O–H groups in total. The Labute approximate surface area is 236 Å². The second kappa shape index (κ2) is 7.69.